The van der Waals surface area contributed by atoms with E-state index in [-0.39, 0.29) is 11.7 Å². The fourth-order valence-corrected chi connectivity index (χ4v) is 4.20. The maximum absolute atomic E-state index is 12.3. The highest BCUT2D eigenvalue weighted by molar-refractivity contribution is 7.93. The van der Waals surface area contributed by atoms with Crippen LogP contribution in [0.15, 0.2) is 24.3 Å². The van der Waals surface area contributed by atoms with Crippen LogP contribution in [0.2, 0.25) is 0 Å². The lowest BCUT2D eigenvalue weighted by molar-refractivity contribution is -0.136. The molecule has 1 aromatic carbocycles. The van der Waals surface area contributed by atoms with Crippen LogP contribution in [-0.4, -0.2) is 24.7 Å². The van der Waals surface area contributed by atoms with Gasteiger partial charge in [0.25, 0.3) is 0 Å². The Morgan fingerprint density at radius 1 is 1.14 bits per heavy atom. The summed E-state index contributed by atoms with van der Waals surface area (Å²) in [6.07, 6.45) is 5.04. The van der Waals surface area contributed by atoms with E-state index < -0.39 is 16.0 Å². The highest BCUT2D eigenvalue weighted by Crippen LogP contribution is 2.25. The zero-order valence-electron chi connectivity index (χ0n) is 11.9. The summed E-state index contributed by atoms with van der Waals surface area (Å²) in [5.41, 5.74) is 1.43. The van der Waals surface area contributed by atoms with E-state index in [0.717, 1.165) is 37.7 Å². The molecule has 0 saturated heterocycles. The molecule has 0 aromatic heterocycles. The lowest BCUT2D eigenvalue weighted by Gasteiger charge is -2.22. The molecule has 0 amide bonds. The third-order valence-corrected chi connectivity index (χ3v) is 5.70. The summed E-state index contributed by atoms with van der Waals surface area (Å²) in [5.74, 6) is -0.836. The van der Waals surface area contributed by atoms with E-state index in [1.54, 1.807) is 24.3 Å². The molecule has 6 heteroatoms. The van der Waals surface area contributed by atoms with Crippen LogP contribution in [0.4, 0.5) is 5.69 Å². The molecule has 2 rings (SSSR count). The van der Waals surface area contributed by atoms with Crippen molar-refractivity contribution < 1.29 is 18.3 Å². The van der Waals surface area contributed by atoms with Crippen molar-refractivity contribution in [2.45, 2.75) is 50.2 Å². The minimum Gasteiger partial charge on any atom is -0.481 e. The Kier molecular flexibility index (Phi) is 5.22. The first-order chi connectivity index (χ1) is 9.97. The molecule has 0 atom stereocenters. The average molecular weight is 311 g/mol. The van der Waals surface area contributed by atoms with E-state index in [1.807, 2.05) is 0 Å². The Hall–Kier alpha value is -1.56. The smallest absolute Gasteiger partial charge is 0.303 e. The molecule has 1 aliphatic carbocycles. The van der Waals surface area contributed by atoms with Crippen molar-refractivity contribution in [2.24, 2.45) is 0 Å². The first-order valence-corrected chi connectivity index (χ1v) is 8.84. The predicted molar refractivity (Wildman–Crippen MR) is 81.8 cm³/mol. The Morgan fingerprint density at radius 3 is 2.33 bits per heavy atom. The van der Waals surface area contributed by atoms with Gasteiger partial charge < -0.3 is 5.11 Å². The van der Waals surface area contributed by atoms with Gasteiger partial charge in [-0.2, -0.15) is 0 Å². The third kappa shape index (κ3) is 4.74. The molecule has 0 spiro atoms. The number of rotatable bonds is 6. The molecule has 5 nitrogen and oxygen atoms in total. The maximum Gasteiger partial charge on any atom is 0.303 e. The van der Waals surface area contributed by atoms with Crippen molar-refractivity contribution in [1.29, 1.82) is 0 Å². The van der Waals surface area contributed by atoms with Gasteiger partial charge in [0.1, 0.15) is 0 Å². The number of sulfonamides is 1. The van der Waals surface area contributed by atoms with Gasteiger partial charge in [0, 0.05) is 12.1 Å². The van der Waals surface area contributed by atoms with Gasteiger partial charge in [-0.05, 0) is 37.0 Å². The molecule has 1 saturated carbocycles. The summed E-state index contributed by atoms with van der Waals surface area (Å²) in [4.78, 5) is 10.5. The van der Waals surface area contributed by atoms with Crippen molar-refractivity contribution in [3.63, 3.8) is 0 Å². The molecule has 2 N–H and O–H groups in total. The van der Waals surface area contributed by atoms with Crippen LogP contribution in [0.25, 0.3) is 0 Å². The molecule has 0 radical (unpaired) electrons. The van der Waals surface area contributed by atoms with E-state index in [2.05, 4.69) is 4.72 Å². The standard InChI is InChI=1S/C15H21NO4S/c17-15(18)11-8-12-6-9-13(10-7-12)16-21(19,20)14-4-2-1-3-5-14/h6-7,9-10,14,16H,1-5,8,11H2,(H,17,18). The number of hydrogen-bond acceptors (Lipinski definition) is 3. The Balaban J connectivity index is 1.97. The summed E-state index contributed by atoms with van der Waals surface area (Å²) in [6.45, 7) is 0. The van der Waals surface area contributed by atoms with Gasteiger partial charge in [-0.25, -0.2) is 8.42 Å². The topological polar surface area (TPSA) is 83.5 Å². The molecule has 0 bridgehead atoms. The number of carbonyl (C=O) groups is 1. The second-order valence-corrected chi connectivity index (χ2v) is 7.46. The molecule has 21 heavy (non-hydrogen) atoms. The molecule has 0 unspecified atom stereocenters. The van der Waals surface area contributed by atoms with Gasteiger partial charge in [0.05, 0.1) is 5.25 Å². The molecule has 1 fully saturated rings. The van der Waals surface area contributed by atoms with Gasteiger partial charge in [0.15, 0.2) is 0 Å². The zero-order chi connectivity index (χ0) is 15.3. The van der Waals surface area contributed by atoms with Gasteiger partial charge >= 0.3 is 5.97 Å². The van der Waals surface area contributed by atoms with Crippen molar-refractivity contribution in [1.82, 2.24) is 0 Å². The molecule has 1 aliphatic rings. The van der Waals surface area contributed by atoms with Crippen LogP contribution in [-0.2, 0) is 21.2 Å². The highest BCUT2D eigenvalue weighted by Gasteiger charge is 2.26. The fourth-order valence-electron chi connectivity index (χ4n) is 2.61. The Labute approximate surface area is 125 Å². The predicted octanol–water partition coefficient (Wildman–Crippen LogP) is 2.78. The van der Waals surface area contributed by atoms with Crippen molar-refractivity contribution in [3.8, 4) is 0 Å². The fraction of sp³-hybridized carbons (Fsp3) is 0.533. The molecule has 0 heterocycles. The molecular formula is C15H21NO4S. The quantitative estimate of drug-likeness (QED) is 0.846. The largest absolute Gasteiger partial charge is 0.481 e. The third-order valence-electron chi connectivity index (χ3n) is 3.83. The number of carboxylic acid groups (broad SMARTS) is 1. The number of anilines is 1. The van der Waals surface area contributed by atoms with E-state index in [4.69, 9.17) is 5.11 Å². The van der Waals surface area contributed by atoms with Gasteiger partial charge in [-0.15, -0.1) is 0 Å². The highest BCUT2D eigenvalue weighted by atomic mass is 32.2. The van der Waals surface area contributed by atoms with Crippen molar-refractivity contribution in [2.75, 3.05) is 4.72 Å². The minimum atomic E-state index is -3.32. The molecule has 0 aliphatic heterocycles. The molecule has 1 aromatic rings. The summed E-state index contributed by atoms with van der Waals surface area (Å²) >= 11 is 0. The second kappa shape index (κ2) is 6.93. The second-order valence-electron chi connectivity index (χ2n) is 5.50. The normalized spacial score (nSPS) is 16.6. The van der Waals surface area contributed by atoms with Crippen LogP contribution < -0.4 is 4.72 Å². The van der Waals surface area contributed by atoms with Crippen LogP contribution in [0.3, 0.4) is 0 Å². The van der Waals surface area contributed by atoms with E-state index in [0.29, 0.717) is 12.1 Å². The lowest BCUT2D eigenvalue weighted by atomic mass is 10.0. The van der Waals surface area contributed by atoms with Crippen LogP contribution >= 0.6 is 0 Å². The minimum absolute atomic E-state index is 0.0765. The number of aryl methyl sites for hydroxylation is 1. The van der Waals surface area contributed by atoms with Gasteiger partial charge in [-0.1, -0.05) is 31.4 Å². The summed E-state index contributed by atoms with van der Waals surface area (Å²) in [5, 5.41) is 8.34. The summed E-state index contributed by atoms with van der Waals surface area (Å²) < 4.78 is 27.2. The Morgan fingerprint density at radius 2 is 1.76 bits per heavy atom. The zero-order valence-corrected chi connectivity index (χ0v) is 12.7. The number of hydrogen-bond donors (Lipinski definition) is 2. The van der Waals surface area contributed by atoms with E-state index >= 15 is 0 Å². The van der Waals surface area contributed by atoms with Crippen LogP contribution in [0.5, 0.6) is 0 Å². The van der Waals surface area contributed by atoms with E-state index in [9.17, 15) is 13.2 Å². The summed E-state index contributed by atoms with van der Waals surface area (Å²) in [7, 11) is -3.32. The SMILES string of the molecule is O=C(O)CCc1ccc(NS(=O)(=O)C2CCCCC2)cc1. The summed E-state index contributed by atoms with van der Waals surface area (Å²) in [6, 6.07) is 6.92. The van der Waals surface area contributed by atoms with Crippen LogP contribution in [0, 0.1) is 0 Å². The van der Waals surface area contributed by atoms with Gasteiger partial charge in [-0.3, -0.25) is 9.52 Å². The first-order valence-electron chi connectivity index (χ1n) is 7.30. The van der Waals surface area contributed by atoms with Crippen molar-refractivity contribution >= 4 is 21.7 Å². The Bertz CT molecular complexity index is 574. The molecular weight excluding hydrogens is 290 g/mol. The number of nitrogens with one attached hydrogen (secondary N) is 1. The number of carboxylic acids is 1. The molecule has 116 valence electrons. The van der Waals surface area contributed by atoms with Crippen molar-refractivity contribution in [3.05, 3.63) is 29.8 Å². The van der Waals surface area contributed by atoms with Gasteiger partial charge in [0.2, 0.25) is 10.0 Å². The first kappa shape index (κ1) is 15.8. The number of aliphatic carboxylic acids is 1. The monoisotopic (exact) mass is 311 g/mol. The lowest BCUT2D eigenvalue weighted by Crippen LogP contribution is -2.29. The number of benzene rings is 1. The van der Waals surface area contributed by atoms with E-state index in [1.165, 1.54) is 0 Å². The maximum atomic E-state index is 12.3. The van der Waals surface area contributed by atoms with Crippen LogP contribution in [0.1, 0.15) is 44.1 Å². The average Bonchev–Trinajstić information content (AvgIpc) is 2.47.